The van der Waals surface area contributed by atoms with Gasteiger partial charge in [-0.25, -0.2) is 5.43 Å². The molecule has 0 unspecified atom stereocenters. The van der Waals surface area contributed by atoms with Gasteiger partial charge in [-0.3, -0.25) is 19.9 Å². The van der Waals surface area contributed by atoms with Gasteiger partial charge in [0.05, 0.1) is 24.4 Å². The van der Waals surface area contributed by atoms with E-state index in [9.17, 15) is 14.9 Å². The molecule has 142 valence electrons. The van der Waals surface area contributed by atoms with Crippen molar-refractivity contribution in [1.82, 2.24) is 10.4 Å². The van der Waals surface area contributed by atoms with E-state index in [2.05, 4.69) is 15.5 Å². The molecule has 27 heavy (non-hydrogen) atoms. The van der Waals surface area contributed by atoms with Crippen LogP contribution in [0.25, 0.3) is 0 Å². The lowest BCUT2D eigenvalue weighted by atomic mass is 10.2. The molecular weight excluding hydrogens is 352 g/mol. The predicted molar refractivity (Wildman–Crippen MR) is 99.3 cm³/mol. The van der Waals surface area contributed by atoms with Crippen LogP contribution in [0.2, 0.25) is 0 Å². The largest absolute Gasteiger partial charge is 0.490 e. The topological polar surface area (TPSA) is 116 Å². The summed E-state index contributed by atoms with van der Waals surface area (Å²) in [4.78, 5) is 26.6. The van der Waals surface area contributed by atoms with E-state index in [0.717, 1.165) is 0 Å². The number of amides is 1. The van der Waals surface area contributed by atoms with Crippen LogP contribution in [0.3, 0.4) is 0 Å². The number of nitro groups is 1. The summed E-state index contributed by atoms with van der Waals surface area (Å²) in [6, 6.07) is 5.98. The second kappa shape index (κ2) is 9.85. The summed E-state index contributed by atoms with van der Waals surface area (Å²) >= 11 is 0. The zero-order chi connectivity index (χ0) is 19.6. The van der Waals surface area contributed by atoms with Crippen molar-refractivity contribution in [2.45, 2.75) is 20.3 Å². The molecule has 1 heterocycles. The lowest BCUT2D eigenvalue weighted by Gasteiger charge is -2.12. The Bertz CT molecular complexity index is 824. The van der Waals surface area contributed by atoms with E-state index in [-0.39, 0.29) is 17.2 Å². The molecule has 0 atom stereocenters. The number of hydrogen-bond acceptors (Lipinski definition) is 7. The molecule has 0 aliphatic rings. The summed E-state index contributed by atoms with van der Waals surface area (Å²) in [6.45, 7) is 4.32. The number of nitro benzene ring substituents is 1. The Kier molecular flexibility index (Phi) is 7.24. The number of nitrogens with zero attached hydrogens (tertiary/aromatic N) is 3. The van der Waals surface area contributed by atoms with Gasteiger partial charge in [0.25, 0.3) is 5.91 Å². The minimum absolute atomic E-state index is 0.0849. The van der Waals surface area contributed by atoms with Crippen LogP contribution in [0, 0.1) is 10.1 Å². The number of carbonyl (C=O) groups is 1. The number of hydrazone groups is 1. The average Bonchev–Trinajstić information content (AvgIpc) is 2.67. The molecule has 0 saturated heterocycles. The van der Waals surface area contributed by atoms with Crippen molar-refractivity contribution in [3.8, 4) is 11.5 Å². The van der Waals surface area contributed by atoms with Gasteiger partial charge < -0.3 is 9.47 Å². The maximum absolute atomic E-state index is 11.9. The maximum Gasteiger partial charge on any atom is 0.315 e. The number of rotatable bonds is 9. The van der Waals surface area contributed by atoms with Crippen molar-refractivity contribution in [2.24, 2.45) is 5.10 Å². The van der Waals surface area contributed by atoms with Crippen molar-refractivity contribution < 1.29 is 19.2 Å². The molecule has 0 aliphatic heterocycles. The van der Waals surface area contributed by atoms with Gasteiger partial charge in [0.15, 0.2) is 5.75 Å². The van der Waals surface area contributed by atoms with Crippen LogP contribution in [0.1, 0.15) is 36.2 Å². The highest BCUT2D eigenvalue weighted by atomic mass is 16.6. The Morgan fingerprint density at radius 1 is 1.30 bits per heavy atom. The van der Waals surface area contributed by atoms with Gasteiger partial charge in [0.1, 0.15) is 0 Å². The number of pyridine rings is 1. The third-order valence-electron chi connectivity index (χ3n) is 3.33. The fraction of sp³-hybridized carbons (Fsp3) is 0.278. The summed E-state index contributed by atoms with van der Waals surface area (Å²) < 4.78 is 11.0. The van der Waals surface area contributed by atoms with Gasteiger partial charge in [0.2, 0.25) is 5.75 Å². The molecule has 2 rings (SSSR count). The second-order valence-electron chi connectivity index (χ2n) is 5.34. The van der Waals surface area contributed by atoms with Gasteiger partial charge in [-0.05, 0) is 31.5 Å². The molecule has 0 spiro atoms. The molecule has 1 N–H and O–H groups in total. The van der Waals surface area contributed by atoms with E-state index >= 15 is 0 Å². The second-order valence-corrected chi connectivity index (χ2v) is 5.34. The summed E-state index contributed by atoms with van der Waals surface area (Å²) in [6.07, 6.45) is 4.99. The fourth-order valence-electron chi connectivity index (χ4n) is 2.16. The van der Waals surface area contributed by atoms with Crippen LogP contribution in [0.4, 0.5) is 5.69 Å². The molecule has 0 aliphatic carbocycles. The Labute approximate surface area is 156 Å². The molecule has 1 aromatic heterocycles. The van der Waals surface area contributed by atoms with Crippen LogP contribution < -0.4 is 14.9 Å². The number of aromatic nitrogens is 1. The molecular formula is C18H20N4O5. The molecule has 0 bridgehead atoms. The van der Waals surface area contributed by atoms with Gasteiger partial charge >= 0.3 is 5.69 Å². The zero-order valence-electron chi connectivity index (χ0n) is 15.0. The highest BCUT2D eigenvalue weighted by molar-refractivity contribution is 5.94. The maximum atomic E-state index is 11.9. The SMILES string of the molecule is CCCOc1c(OCC)cc(/C=N\NC(=O)c2ccncc2)cc1[N+](=O)[O-]. The smallest absolute Gasteiger partial charge is 0.315 e. The third kappa shape index (κ3) is 5.50. The van der Waals surface area contributed by atoms with Gasteiger partial charge in [-0.15, -0.1) is 0 Å². The molecule has 0 radical (unpaired) electrons. The van der Waals surface area contributed by atoms with Crippen LogP contribution in [0.15, 0.2) is 41.8 Å². The van der Waals surface area contributed by atoms with Crippen molar-refractivity contribution in [3.63, 3.8) is 0 Å². The molecule has 1 amide bonds. The Morgan fingerprint density at radius 3 is 2.67 bits per heavy atom. The van der Waals surface area contributed by atoms with Gasteiger partial charge in [-0.1, -0.05) is 6.92 Å². The number of hydrogen-bond donors (Lipinski definition) is 1. The fourth-order valence-corrected chi connectivity index (χ4v) is 2.16. The highest BCUT2D eigenvalue weighted by Gasteiger charge is 2.22. The monoisotopic (exact) mass is 372 g/mol. The van der Waals surface area contributed by atoms with Crippen molar-refractivity contribution >= 4 is 17.8 Å². The van der Waals surface area contributed by atoms with Crippen molar-refractivity contribution in [3.05, 3.63) is 57.9 Å². The first-order valence-corrected chi connectivity index (χ1v) is 8.38. The minimum atomic E-state index is -0.541. The first-order chi connectivity index (χ1) is 13.1. The summed E-state index contributed by atoms with van der Waals surface area (Å²) in [7, 11) is 0. The predicted octanol–water partition coefficient (Wildman–Crippen LogP) is 2.94. The van der Waals surface area contributed by atoms with E-state index < -0.39 is 10.8 Å². The van der Waals surface area contributed by atoms with Crippen LogP contribution in [-0.2, 0) is 0 Å². The molecule has 1 aromatic carbocycles. The zero-order valence-corrected chi connectivity index (χ0v) is 15.0. The number of carbonyl (C=O) groups excluding carboxylic acids is 1. The average molecular weight is 372 g/mol. The first-order valence-electron chi connectivity index (χ1n) is 8.38. The van der Waals surface area contributed by atoms with Gasteiger partial charge in [0, 0.05) is 29.6 Å². The lowest BCUT2D eigenvalue weighted by Crippen LogP contribution is -2.17. The van der Waals surface area contributed by atoms with Crippen LogP contribution in [-0.4, -0.2) is 35.2 Å². The normalized spacial score (nSPS) is 10.6. The number of ether oxygens (including phenoxy) is 2. The van der Waals surface area contributed by atoms with Gasteiger partial charge in [-0.2, -0.15) is 5.10 Å². The van der Waals surface area contributed by atoms with E-state index in [1.807, 2.05) is 6.92 Å². The van der Waals surface area contributed by atoms with E-state index in [4.69, 9.17) is 9.47 Å². The third-order valence-corrected chi connectivity index (χ3v) is 3.33. The van der Waals surface area contributed by atoms with Crippen LogP contribution >= 0.6 is 0 Å². The minimum Gasteiger partial charge on any atom is -0.490 e. The highest BCUT2D eigenvalue weighted by Crippen LogP contribution is 2.38. The molecule has 9 nitrogen and oxygen atoms in total. The Balaban J connectivity index is 2.25. The van der Waals surface area contributed by atoms with Crippen LogP contribution in [0.5, 0.6) is 11.5 Å². The number of benzene rings is 1. The summed E-state index contributed by atoms with van der Waals surface area (Å²) in [5.74, 6) is -0.0835. The Hall–Kier alpha value is -3.49. The Morgan fingerprint density at radius 2 is 2.04 bits per heavy atom. The quantitative estimate of drug-likeness (QED) is 0.411. The number of nitrogens with one attached hydrogen (secondary N) is 1. The first kappa shape index (κ1) is 19.8. The standard InChI is InChI=1S/C18H20N4O5/c1-3-9-27-17-15(22(24)25)10-13(11-16(17)26-4-2)12-20-21-18(23)14-5-7-19-8-6-14/h5-8,10-12H,3-4,9H2,1-2H3,(H,21,23)/b20-12-. The van der Waals surface area contributed by atoms with E-state index in [0.29, 0.717) is 30.8 Å². The molecule has 0 saturated carbocycles. The summed E-state index contributed by atoms with van der Waals surface area (Å²) in [5.41, 5.74) is 2.92. The van der Waals surface area contributed by atoms with Crippen molar-refractivity contribution in [2.75, 3.05) is 13.2 Å². The molecule has 9 heteroatoms. The summed E-state index contributed by atoms with van der Waals surface area (Å²) in [5, 5.41) is 15.3. The molecule has 2 aromatic rings. The van der Waals surface area contributed by atoms with Crippen molar-refractivity contribution in [1.29, 1.82) is 0 Å². The molecule has 0 fully saturated rings. The van der Waals surface area contributed by atoms with E-state index in [1.165, 1.54) is 24.7 Å². The van der Waals surface area contributed by atoms with E-state index in [1.54, 1.807) is 25.1 Å². The lowest BCUT2D eigenvalue weighted by molar-refractivity contribution is -0.386.